The minimum atomic E-state index is 0.214. The maximum atomic E-state index is 6.27. The quantitative estimate of drug-likeness (QED) is 0.843. The van der Waals surface area contributed by atoms with Crippen LogP contribution in [0.5, 0.6) is 0 Å². The topological polar surface area (TPSA) is 43.8 Å². The Bertz CT molecular complexity index is 318. The molecule has 1 rings (SSSR count). The summed E-state index contributed by atoms with van der Waals surface area (Å²) in [5.74, 6) is 0. The van der Waals surface area contributed by atoms with E-state index in [9.17, 15) is 0 Å². The maximum Gasteiger partial charge on any atom is 0.0849 e. The fourth-order valence-corrected chi connectivity index (χ4v) is 1.98. The zero-order chi connectivity index (χ0) is 11.4. The molecule has 1 unspecified atom stereocenters. The molecule has 0 saturated heterocycles. The zero-order valence-electron chi connectivity index (χ0n) is 9.76. The average Bonchev–Trinajstić information content (AvgIpc) is 2.51. The molecule has 0 aliphatic carbocycles. The molecule has 1 aromatic heterocycles. The molecule has 0 radical (unpaired) electrons. The van der Waals surface area contributed by atoms with Crippen molar-refractivity contribution >= 4 is 11.6 Å². The van der Waals surface area contributed by atoms with Gasteiger partial charge in [-0.2, -0.15) is 5.10 Å². The van der Waals surface area contributed by atoms with Gasteiger partial charge < -0.3 is 5.73 Å². The van der Waals surface area contributed by atoms with Crippen LogP contribution < -0.4 is 5.73 Å². The van der Waals surface area contributed by atoms with E-state index in [4.69, 9.17) is 17.3 Å². The van der Waals surface area contributed by atoms with Gasteiger partial charge in [0.1, 0.15) is 0 Å². The second kappa shape index (κ2) is 5.52. The Morgan fingerprint density at radius 2 is 2.13 bits per heavy atom. The van der Waals surface area contributed by atoms with E-state index in [0.717, 1.165) is 42.2 Å². The van der Waals surface area contributed by atoms with Crippen molar-refractivity contribution in [2.45, 2.75) is 52.6 Å². The normalized spacial score (nSPS) is 13.1. The Kier molecular flexibility index (Phi) is 4.61. The SMILES string of the molecule is CCc1nn(CC)c(CCC(C)N)c1Cl. The highest BCUT2D eigenvalue weighted by Crippen LogP contribution is 2.23. The average molecular weight is 230 g/mol. The summed E-state index contributed by atoms with van der Waals surface area (Å²) in [7, 11) is 0. The monoisotopic (exact) mass is 229 g/mol. The van der Waals surface area contributed by atoms with Crippen molar-refractivity contribution in [1.29, 1.82) is 0 Å². The van der Waals surface area contributed by atoms with Crippen LogP contribution in [0.3, 0.4) is 0 Å². The molecular weight excluding hydrogens is 210 g/mol. The summed E-state index contributed by atoms with van der Waals surface area (Å²) in [6.07, 6.45) is 2.75. The molecule has 1 heterocycles. The number of hydrogen-bond acceptors (Lipinski definition) is 2. The molecule has 4 heteroatoms. The second-order valence-corrected chi connectivity index (χ2v) is 4.27. The molecule has 1 atom stereocenters. The fourth-order valence-electron chi connectivity index (χ4n) is 1.62. The van der Waals surface area contributed by atoms with Crippen LogP contribution in [-0.2, 0) is 19.4 Å². The highest BCUT2D eigenvalue weighted by Gasteiger charge is 2.14. The first-order valence-electron chi connectivity index (χ1n) is 5.59. The molecule has 0 aliphatic heterocycles. The minimum absolute atomic E-state index is 0.214. The van der Waals surface area contributed by atoms with Crippen molar-refractivity contribution in [3.63, 3.8) is 0 Å². The molecular formula is C11H20ClN3. The lowest BCUT2D eigenvalue weighted by atomic mass is 10.1. The van der Waals surface area contributed by atoms with E-state index >= 15 is 0 Å². The van der Waals surface area contributed by atoms with E-state index in [1.165, 1.54) is 0 Å². The van der Waals surface area contributed by atoms with Crippen LogP contribution in [0.2, 0.25) is 5.02 Å². The Hall–Kier alpha value is -0.540. The van der Waals surface area contributed by atoms with Gasteiger partial charge in [-0.25, -0.2) is 0 Å². The van der Waals surface area contributed by atoms with Gasteiger partial charge in [-0.3, -0.25) is 4.68 Å². The molecule has 0 aromatic carbocycles. The smallest absolute Gasteiger partial charge is 0.0849 e. The summed E-state index contributed by atoms with van der Waals surface area (Å²) in [5, 5.41) is 5.30. The maximum absolute atomic E-state index is 6.27. The van der Waals surface area contributed by atoms with E-state index in [1.807, 2.05) is 11.6 Å². The lowest BCUT2D eigenvalue weighted by Gasteiger charge is -2.07. The number of nitrogens with zero attached hydrogens (tertiary/aromatic N) is 2. The van der Waals surface area contributed by atoms with Gasteiger partial charge in [-0.05, 0) is 33.1 Å². The van der Waals surface area contributed by atoms with Crippen LogP contribution in [0.15, 0.2) is 0 Å². The summed E-state index contributed by atoms with van der Waals surface area (Å²) in [4.78, 5) is 0. The molecule has 0 fully saturated rings. The van der Waals surface area contributed by atoms with Crippen molar-refractivity contribution in [3.05, 3.63) is 16.4 Å². The summed E-state index contributed by atoms with van der Waals surface area (Å²) in [5.41, 5.74) is 7.88. The predicted molar refractivity (Wildman–Crippen MR) is 64.3 cm³/mol. The van der Waals surface area contributed by atoms with E-state index < -0.39 is 0 Å². The number of aryl methyl sites for hydroxylation is 2. The number of halogens is 1. The van der Waals surface area contributed by atoms with E-state index in [1.54, 1.807) is 0 Å². The lowest BCUT2D eigenvalue weighted by Crippen LogP contribution is -2.16. The fraction of sp³-hybridized carbons (Fsp3) is 0.727. The Balaban J connectivity index is 2.88. The van der Waals surface area contributed by atoms with E-state index in [0.29, 0.717) is 0 Å². The first-order valence-corrected chi connectivity index (χ1v) is 5.97. The van der Waals surface area contributed by atoms with Gasteiger partial charge >= 0.3 is 0 Å². The molecule has 0 aliphatic rings. The molecule has 3 nitrogen and oxygen atoms in total. The zero-order valence-corrected chi connectivity index (χ0v) is 10.5. The minimum Gasteiger partial charge on any atom is -0.328 e. The lowest BCUT2D eigenvalue weighted by molar-refractivity contribution is 0.582. The van der Waals surface area contributed by atoms with Gasteiger partial charge in [0.25, 0.3) is 0 Å². The number of rotatable bonds is 5. The van der Waals surface area contributed by atoms with Gasteiger partial charge in [0.2, 0.25) is 0 Å². The standard InChI is InChI=1S/C11H20ClN3/c1-4-9-11(12)10(7-6-8(3)13)15(5-2)14-9/h8H,4-7,13H2,1-3H3. The first-order chi connectivity index (χ1) is 7.10. The molecule has 0 spiro atoms. The van der Waals surface area contributed by atoms with Crippen LogP contribution in [0.4, 0.5) is 0 Å². The highest BCUT2D eigenvalue weighted by molar-refractivity contribution is 6.31. The van der Waals surface area contributed by atoms with Gasteiger partial charge in [-0.1, -0.05) is 18.5 Å². The molecule has 0 bridgehead atoms. The third kappa shape index (κ3) is 2.95. The van der Waals surface area contributed by atoms with Gasteiger partial charge in [0.15, 0.2) is 0 Å². The molecule has 0 saturated carbocycles. The second-order valence-electron chi connectivity index (χ2n) is 3.89. The van der Waals surface area contributed by atoms with Crippen molar-refractivity contribution in [2.24, 2.45) is 5.73 Å². The third-order valence-corrected chi connectivity index (χ3v) is 2.97. The molecule has 0 amide bonds. The Morgan fingerprint density at radius 3 is 2.60 bits per heavy atom. The van der Waals surface area contributed by atoms with Crippen LogP contribution in [0.1, 0.15) is 38.6 Å². The molecule has 86 valence electrons. The van der Waals surface area contributed by atoms with Crippen molar-refractivity contribution in [1.82, 2.24) is 9.78 Å². The molecule has 2 N–H and O–H groups in total. The third-order valence-electron chi connectivity index (χ3n) is 2.53. The summed E-state index contributed by atoms with van der Waals surface area (Å²) in [6.45, 7) is 7.04. The number of nitrogens with two attached hydrogens (primary N) is 1. The number of aromatic nitrogens is 2. The summed E-state index contributed by atoms with van der Waals surface area (Å²) < 4.78 is 1.99. The van der Waals surface area contributed by atoms with Gasteiger partial charge in [0, 0.05) is 12.6 Å². The van der Waals surface area contributed by atoms with Crippen LogP contribution >= 0.6 is 11.6 Å². The number of hydrogen-bond donors (Lipinski definition) is 1. The Morgan fingerprint density at radius 1 is 1.47 bits per heavy atom. The molecule has 15 heavy (non-hydrogen) atoms. The largest absolute Gasteiger partial charge is 0.328 e. The Labute approximate surface area is 96.6 Å². The first kappa shape index (κ1) is 12.5. The van der Waals surface area contributed by atoms with Crippen LogP contribution in [0.25, 0.3) is 0 Å². The van der Waals surface area contributed by atoms with Crippen LogP contribution in [-0.4, -0.2) is 15.8 Å². The van der Waals surface area contributed by atoms with E-state index in [2.05, 4.69) is 18.9 Å². The summed E-state index contributed by atoms with van der Waals surface area (Å²) in [6, 6.07) is 0.214. The van der Waals surface area contributed by atoms with Crippen molar-refractivity contribution in [2.75, 3.05) is 0 Å². The van der Waals surface area contributed by atoms with Crippen molar-refractivity contribution < 1.29 is 0 Å². The summed E-state index contributed by atoms with van der Waals surface area (Å²) >= 11 is 6.27. The van der Waals surface area contributed by atoms with Gasteiger partial charge in [0.05, 0.1) is 16.4 Å². The molecule has 1 aromatic rings. The van der Waals surface area contributed by atoms with Crippen LogP contribution in [0, 0.1) is 0 Å². The van der Waals surface area contributed by atoms with E-state index in [-0.39, 0.29) is 6.04 Å². The van der Waals surface area contributed by atoms with Crippen molar-refractivity contribution in [3.8, 4) is 0 Å². The highest BCUT2D eigenvalue weighted by atomic mass is 35.5. The van der Waals surface area contributed by atoms with Gasteiger partial charge in [-0.15, -0.1) is 0 Å². The predicted octanol–water partition coefficient (Wildman–Crippen LogP) is 2.40.